The van der Waals surface area contributed by atoms with Gasteiger partial charge in [-0.3, -0.25) is 4.79 Å². The number of ether oxygens (including phenoxy) is 1. The number of halogens is 1. The summed E-state index contributed by atoms with van der Waals surface area (Å²) in [5, 5.41) is 3.93. The lowest BCUT2D eigenvalue weighted by Crippen LogP contribution is -2.65. The van der Waals surface area contributed by atoms with Crippen molar-refractivity contribution in [3.8, 4) is 0 Å². The third kappa shape index (κ3) is 3.35. The second-order valence-corrected chi connectivity index (χ2v) is 6.87. The van der Waals surface area contributed by atoms with Crippen LogP contribution in [0.4, 0.5) is 4.79 Å². The van der Waals surface area contributed by atoms with Gasteiger partial charge in [-0.1, -0.05) is 23.7 Å². The van der Waals surface area contributed by atoms with E-state index in [1.165, 1.54) is 7.11 Å². The number of amides is 2. The molecule has 0 bridgehead atoms. The van der Waals surface area contributed by atoms with Gasteiger partial charge in [-0.2, -0.15) is 0 Å². The molecule has 2 fully saturated rings. The molecule has 0 unspecified atom stereocenters. The van der Waals surface area contributed by atoms with Crippen molar-refractivity contribution in [2.24, 2.45) is 5.41 Å². The van der Waals surface area contributed by atoms with E-state index in [1.807, 2.05) is 29.2 Å². The lowest BCUT2D eigenvalue weighted by atomic mass is 9.75. The van der Waals surface area contributed by atoms with Crippen LogP contribution in [0.15, 0.2) is 24.3 Å². The van der Waals surface area contributed by atoms with E-state index in [0.717, 1.165) is 5.56 Å². The zero-order chi connectivity index (χ0) is 17.2. The van der Waals surface area contributed by atoms with Gasteiger partial charge in [-0.25, -0.2) is 4.79 Å². The highest BCUT2D eigenvalue weighted by atomic mass is 35.5. The number of nitrogens with one attached hydrogen (secondary N) is 1. The van der Waals surface area contributed by atoms with Crippen molar-refractivity contribution >= 4 is 23.6 Å². The van der Waals surface area contributed by atoms with Crippen LogP contribution in [0.5, 0.6) is 0 Å². The van der Waals surface area contributed by atoms with Crippen LogP contribution in [-0.2, 0) is 16.0 Å². The molecule has 2 aliphatic rings. The van der Waals surface area contributed by atoms with Crippen LogP contribution in [0.25, 0.3) is 0 Å². The van der Waals surface area contributed by atoms with E-state index in [2.05, 4.69) is 5.32 Å². The van der Waals surface area contributed by atoms with Crippen molar-refractivity contribution in [2.45, 2.75) is 6.42 Å². The van der Waals surface area contributed by atoms with E-state index in [0.29, 0.717) is 50.7 Å². The molecule has 1 aromatic carbocycles. The van der Waals surface area contributed by atoms with Crippen molar-refractivity contribution in [2.75, 3.05) is 46.4 Å². The fourth-order valence-corrected chi connectivity index (χ4v) is 3.45. The van der Waals surface area contributed by atoms with Crippen LogP contribution in [0.1, 0.15) is 5.56 Å². The highest BCUT2D eigenvalue weighted by molar-refractivity contribution is 6.30. The summed E-state index contributed by atoms with van der Waals surface area (Å²) < 4.78 is 4.74. The van der Waals surface area contributed by atoms with Crippen molar-refractivity contribution in [1.82, 2.24) is 15.1 Å². The van der Waals surface area contributed by atoms with Crippen molar-refractivity contribution < 1.29 is 14.3 Å². The maximum atomic E-state index is 13.0. The predicted octanol–water partition coefficient (Wildman–Crippen LogP) is 1.38. The second-order valence-electron chi connectivity index (χ2n) is 6.44. The first-order chi connectivity index (χ1) is 11.5. The summed E-state index contributed by atoms with van der Waals surface area (Å²) in [5.41, 5.74) is 0.726. The SMILES string of the molecule is COC(=O)N1CCN(C(=O)C2(Cc3ccc(Cl)cc3)CNC2)CC1. The first-order valence-electron chi connectivity index (χ1n) is 8.11. The van der Waals surface area contributed by atoms with E-state index in [9.17, 15) is 9.59 Å². The topological polar surface area (TPSA) is 61.9 Å². The van der Waals surface area contributed by atoms with E-state index >= 15 is 0 Å². The molecule has 1 aromatic rings. The zero-order valence-electron chi connectivity index (χ0n) is 13.8. The lowest BCUT2D eigenvalue weighted by Gasteiger charge is -2.46. The van der Waals surface area contributed by atoms with Gasteiger partial charge in [-0.05, 0) is 24.1 Å². The van der Waals surface area contributed by atoms with Crippen molar-refractivity contribution in [3.63, 3.8) is 0 Å². The monoisotopic (exact) mass is 351 g/mol. The minimum Gasteiger partial charge on any atom is -0.453 e. The van der Waals surface area contributed by atoms with E-state index < -0.39 is 0 Å². The van der Waals surface area contributed by atoms with E-state index in [4.69, 9.17) is 16.3 Å². The Kier molecular flexibility index (Phi) is 4.96. The molecule has 6 nitrogen and oxygen atoms in total. The standard InChI is InChI=1S/C17H22ClN3O3/c1-24-16(23)21-8-6-20(7-9-21)15(22)17(11-19-12-17)10-13-2-4-14(18)5-3-13/h2-5,19H,6-12H2,1H3. The normalized spacial score (nSPS) is 19.6. The number of methoxy groups -OCH3 is 1. The Morgan fingerprint density at radius 3 is 2.21 bits per heavy atom. The Balaban J connectivity index is 1.64. The molecule has 0 atom stereocenters. The molecule has 0 aromatic heterocycles. The molecule has 3 rings (SSSR count). The summed E-state index contributed by atoms with van der Waals surface area (Å²) in [7, 11) is 1.38. The summed E-state index contributed by atoms with van der Waals surface area (Å²) in [4.78, 5) is 28.1. The van der Waals surface area contributed by atoms with Crippen LogP contribution in [0.2, 0.25) is 5.02 Å². The van der Waals surface area contributed by atoms with E-state index in [1.54, 1.807) is 4.90 Å². The number of hydrogen-bond acceptors (Lipinski definition) is 4. The molecule has 24 heavy (non-hydrogen) atoms. The molecule has 130 valence electrons. The van der Waals surface area contributed by atoms with Gasteiger partial charge < -0.3 is 19.9 Å². The molecule has 1 N–H and O–H groups in total. The van der Waals surface area contributed by atoms with Crippen LogP contribution >= 0.6 is 11.6 Å². The highest BCUT2D eigenvalue weighted by Crippen LogP contribution is 2.31. The average molecular weight is 352 g/mol. The largest absolute Gasteiger partial charge is 0.453 e. The Bertz CT molecular complexity index is 608. The molecule has 0 spiro atoms. The van der Waals surface area contributed by atoms with Gasteiger partial charge in [-0.15, -0.1) is 0 Å². The number of benzene rings is 1. The number of carbonyl (C=O) groups is 2. The number of nitrogens with zero attached hydrogens (tertiary/aromatic N) is 2. The molecule has 2 heterocycles. The van der Waals surface area contributed by atoms with Gasteiger partial charge in [0.15, 0.2) is 0 Å². The van der Waals surface area contributed by atoms with Crippen molar-refractivity contribution in [3.05, 3.63) is 34.9 Å². The second kappa shape index (κ2) is 6.99. The molecule has 2 aliphatic heterocycles. The Morgan fingerprint density at radius 1 is 1.12 bits per heavy atom. The van der Waals surface area contributed by atoms with Gasteiger partial charge >= 0.3 is 6.09 Å². The number of rotatable bonds is 3. The Hall–Kier alpha value is -1.79. The zero-order valence-corrected chi connectivity index (χ0v) is 14.5. The minimum absolute atomic E-state index is 0.167. The molecular weight excluding hydrogens is 330 g/mol. The number of piperazine rings is 1. The lowest BCUT2D eigenvalue weighted by molar-refractivity contribution is -0.147. The smallest absolute Gasteiger partial charge is 0.409 e. The third-order valence-electron chi connectivity index (χ3n) is 4.84. The highest BCUT2D eigenvalue weighted by Gasteiger charge is 2.46. The first-order valence-corrected chi connectivity index (χ1v) is 8.49. The van der Waals surface area contributed by atoms with E-state index in [-0.39, 0.29) is 17.4 Å². The Morgan fingerprint density at radius 2 is 1.71 bits per heavy atom. The maximum Gasteiger partial charge on any atom is 0.409 e. The summed E-state index contributed by atoms with van der Waals surface area (Å²) in [6.07, 6.45) is 0.371. The predicted molar refractivity (Wildman–Crippen MR) is 91.0 cm³/mol. The van der Waals surface area contributed by atoms with Crippen molar-refractivity contribution in [1.29, 1.82) is 0 Å². The summed E-state index contributed by atoms with van der Waals surface area (Å²) in [6, 6.07) is 7.67. The molecule has 7 heteroatoms. The molecule has 0 aliphatic carbocycles. The number of carbonyl (C=O) groups excluding carboxylic acids is 2. The molecule has 2 saturated heterocycles. The van der Waals surface area contributed by atoms with Gasteiger partial charge in [0.05, 0.1) is 12.5 Å². The van der Waals surface area contributed by atoms with Gasteiger partial charge in [0.25, 0.3) is 0 Å². The summed E-state index contributed by atoms with van der Waals surface area (Å²) >= 11 is 5.94. The maximum absolute atomic E-state index is 13.0. The molecule has 2 amide bonds. The average Bonchev–Trinajstić information content (AvgIpc) is 2.58. The Labute approximate surface area is 146 Å². The molecular formula is C17H22ClN3O3. The third-order valence-corrected chi connectivity index (χ3v) is 5.09. The minimum atomic E-state index is -0.388. The van der Waals surface area contributed by atoms with Crippen LogP contribution in [0, 0.1) is 5.41 Å². The van der Waals surface area contributed by atoms with Gasteiger partial charge in [0, 0.05) is 44.3 Å². The quantitative estimate of drug-likeness (QED) is 0.893. The van der Waals surface area contributed by atoms with Gasteiger partial charge in [0.2, 0.25) is 5.91 Å². The van der Waals surface area contributed by atoms with Crippen LogP contribution in [-0.4, -0.2) is 68.2 Å². The first kappa shape index (κ1) is 17.0. The summed E-state index contributed by atoms with van der Waals surface area (Å²) in [6.45, 7) is 3.51. The van der Waals surface area contributed by atoms with Crippen LogP contribution in [0.3, 0.4) is 0 Å². The summed E-state index contributed by atoms with van der Waals surface area (Å²) in [5.74, 6) is 0.167. The fraction of sp³-hybridized carbons (Fsp3) is 0.529. The fourth-order valence-electron chi connectivity index (χ4n) is 3.33. The molecule has 0 radical (unpaired) electrons. The molecule has 0 saturated carbocycles. The van der Waals surface area contributed by atoms with Gasteiger partial charge in [0.1, 0.15) is 0 Å². The number of hydrogen-bond donors (Lipinski definition) is 1. The van der Waals surface area contributed by atoms with Crippen LogP contribution < -0.4 is 5.32 Å².